The highest BCUT2D eigenvalue weighted by molar-refractivity contribution is 6.31. The number of hydrogen-bond acceptors (Lipinski definition) is 6. The Hall–Kier alpha value is -3.14. The Kier molecular flexibility index (Phi) is 10.1. The van der Waals surface area contributed by atoms with E-state index in [-0.39, 0.29) is 18.4 Å². The molecule has 0 spiro atoms. The molecule has 36 heavy (non-hydrogen) atoms. The van der Waals surface area contributed by atoms with Crippen LogP contribution in [-0.2, 0) is 14.3 Å². The Balaban J connectivity index is 1.61. The minimum atomic E-state index is -0.827. The Morgan fingerprint density at radius 2 is 1.75 bits per heavy atom. The van der Waals surface area contributed by atoms with Gasteiger partial charge in [-0.25, -0.2) is 5.43 Å². The lowest BCUT2D eigenvalue weighted by atomic mass is 10.0. The summed E-state index contributed by atoms with van der Waals surface area (Å²) in [4.78, 5) is 39.4. The average Bonchev–Trinajstić information content (AvgIpc) is 2.87. The zero-order valence-electron chi connectivity index (χ0n) is 20.0. The van der Waals surface area contributed by atoms with Crippen LogP contribution in [0.5, 0.6) is 5.75 Å². The van der Waals surface area contributed by atoms with Crippen LogP contribution < -0.4 is 15.5 Å². The summed E-state index contributed by atoms with van der Waals surface area (Å²) in [6.45, 7) is 5.52. The van der Waals surface area contributed by atoms with Gasteiger partial charge in [-0.3, -0.25) is 14.4 Å². The van der Waals surface area contributed by atoms with Crippen LogP contribution in [-0.4, -0.2) is 67.8 Å². The maximum absolute atomic E-state index is 12.8. The molecule has 0 saturated carbocycles. The molecule has 192 valence electrons. The van der Waals surface area contributed by atoms with Crippen LogP contribution >= 0.6 is 23.2 Å². The monoisotopic (exact) mass is 534 g/mol. The van der Waals surface area contributed by atoms with Crippen molar-refractivity contribution < 1.29 is 23.9 Å². The highest BCUT2D eigenvalue weighted by Crippen LogP contribution is 2.21. The van der Waals surface area contributed by atoms with Crippen molar-refractivity contribution in [1.82, 2.24) is 15.6 Å². The van der Waals surface area contributed by atoms with Gasteiger partial charge in [0.1, 0.15) is 11.8 Å². The highest BCUT2D eigenvalue weighted by atomic mass is 35.5. The fourth-order valence-corrected chi connectivity index (χ4v) is 3.70. The number of rotatable bonds is 9. The summed E-state index contributed by atoms with van der Waals surface area (Å²) in [7, 11) is 0. The number of nitrogens with one attached hydrogen (secondary N) is 2. The van der Waals surface area contributed by atoms with Gasteiger partial charge in [-0.2, -0.15) is 5.10 Å². The van der Waals surface area contributed by atoms with Gasteiger partial charge in [-0.15, -0.1) is 0 Å². The SMILES string of the molecule is CC(C)C(NC(=O)c1ccc(Cl)cc1)C(=O)N/N=C\c1cc(Cl)ccc1OCC(=O)N1CCOCC1. The van der Waals surface area contributed by atoms with E-state index in [1.807, 2.05) is 13.8 Å². The summed E-state index contributed by atoms with van der Waals surface area (Å²) in [5.41, 5.74) is 3.31. The number of halogens is 2. The normalized spacial score (nSPS) is 14.5. The molecule has 0 aromatic heterocycles. The third-order valence-electron chi connectivity index (χ3n) is 5.41. The van der Waals surface area contributed by atoms with Gasteiger partial charge in [0.15, 0.2) is 6.61 Å². The maximum atomic E-state index is 12.8. The molecule has 0 bridgehead atoms. The van der Waals surface area contributed by atoms with Gasteiger partial charge >= 0.3 is 0 Å². The van der Waals surface area contributed by atoms with Crippen LogP contribution in [0.1, 0.15) is 29.8 Å². The molecule has 2 aromatic rings. The second-order valence-corrected chi connectivity index (χ2v) is 9.27. The van der Waals surface area contributed by atoms with Crippen LogP contribution in [0.2, 0.25) is 10.0 Å². The maximum Gasteiger partial charge on any atom is 0.262 e. The Bertz CT molecular complexity index is 1100. The molecule has 2 aromatic carbocycles. The number of carbonyl (C=O) groups is 3. The predicted molar refractivity (Wildman–Crippen MR) is 138 cm³/mol. The summed E-state index contributed by atoms with van der Waals surface area (Å²) < 4.78 is 11.0. The van der Waals surface area contributed by atoms with Gasteiger partial charge in [0.2, 0.25) is 0 Å². The third kappa shape index (κ3) is 7.94. The molecule has 1 fully saturated rings. The van der Waals surface area contributed by atoms with E-state index in [4.69, 9.17) is 32.7 Å². The minimum Gasteiger partial charge on any atom is -0.483 e. The van der Waals surface area contributed by atoms with E-state index in [0.29, 0.717) is 53.2 Å². The van der Waals surface area contributed by atoms with Crippen molar-refractivity contribution >= 4 is 47.1 Å². The molecular formula is C25H28Cl2N4O5. The standard InChI is InChI=1S/C25H28Cl2N4O5/c1-16(2)23(29-24(33)17-3-5-19(26)6-4-17)25(34)30-28-14-18-13-20(27)7-8-21(18)36-15-22(32)31-9-11-35-12-10-31/h3-8,13-14,16,23H,9-12,15H2,1-2H3,(H,29,33)(H,30,34)/b28-14-. The van der Waals surface area contributed by atoms with Crippen LogP contribution in [0.3, 0.4) is 0 Å². The van der Waals surface area contributed by atoms with Crippen molar-refractivity contribution in [2.24, 2.45) is 11.0 Å². The first kappa shape index (κ1) is 27.4. The topological polar surface area (TPSA) is 109 Å². The molecular weight excluding hydrogens is 507 g/mol. The molecule has 1 aliphatic heterocycles. The minimum absolute atomic E-state index is 0.152. The Labute approximate surface area is 219 Å². The molecule has 1 heterocycles. The number of hydrogen-bond donors (Lipinski definition) is 2. The van der Waals surface area contributed by atoms with E-state index >= 15 is 0 Å². The van der Waals surface area contributed by atoms with Gasteiger partial charge < -0.3 is 19.7 Å². The number of hydrazone groups is 1. The zero-order chi connectivity index (χ0) is 26.1. The van der Waals surface area contributed by atoms with E-state index in [0.717, 1.165) is 0 Å². The average molecular weight is 535 g/mol. The predicted octanol–water partition coefficient (Wildman–Crippen LogP) is 3.14. The second kappa shape index (κ2) is 13.2. The summed E-state index contributed by atoms with van der Waals surface area (Å²) in [5.74, 6) is -0.862. The van der Waals surface area contributed by atoms with E-state index in [1.165, 1.54) is 6.21 Å². The lowest BCUT2D eigenvalue weighted by Gasteiger charge is -2.26. The Morgan fingerprint density at radius 1 is 1.08 bits per heavy atom. The number of carbonyl (C=O) groups excluding carboxylic acids is 3. The fraction of sp³-hybridized carbons (Fsp3) is 0.360. The zero-order valence-corrected chi connectivity index (χ0v) is 21.5. The lowest BCUT2D eigenvalue weighted by Crippen LogP contribution is -2.48. The molecule has 1 unspecified atom stereocenters. The van der Waals surface area contributed by atoms with Gasteiger partial charge in [0, 0.05) is 34.3 Å². The van der Waals surface area contributed by atoms with Gasteiger partial charge in [-0.05, 0) is 48.4 Å². The number of morpholine rings is 1. The molecule has 1 aliphatic rings. The van der Waals surface area contributed by atoms with Crippen LogP contribution in [0.25, 0.3) is 0 Å². The first-order chi connectivity index (χ1) is 17.2. The molecule has 3 rings (SSSR count). The molecule has 0 radical (unpaired) electrons. The largest absolute Gasteiger partial charge is 0.483 e. The van der Waals surface area contributed by atoms with Gasteiger partial charge in [0.05, 0.1) is 19.4 Å². The van der Waals surface area contributed by atoms with Crippen molar-refractivity contribution in [2.75, 3.05) is 32.9 Å². The van der Waals surface area contributed by atoms with Gasteiger partial charge in [0.25, 0.3) is 17.7 Å². The van der Waals surface area contributed by atoms with Crippen molar-refractivity contribution in [1.29, 1.82) is 0 Å². The van der Waals surface area contributed by atoms with Crippen molar-refractivity contribution in [3.63, 3.8) is 0 Å². The summed E-state index contributed by atoms with van der Waals surface area (Å²) in [5, 5.41) is 7.67. The molecule has 1 saturated heterocycles. The summed E-state index contributed by atoms with van der Waals surface area (Å²) >= 11 is 12.0. The van der Waals surface area contributed by atoms with E-state index < -0.39 is 17.9 Å². The molecule has 1 atom stereocenters. The molecule has 9 nitrogen and oxygen atoms in total. The van der Waals surface area contributed by atoms with Crippen molar-refractivity contribution in [2.45, 2.75) is 19.9 Å². The quantitative estimate of drug-likeness (QED) is 0.379. The first-order valence-corrected chi connectivity index (χ1v) is 12.2. The summed E-state index contributed by atoms with van der Waals surface area (Å²) in [6.07, 6.45) is 1.37. The molecule has 2 N–H and O–H groups in total. The number of nitrogens with zero attached hydrogens (tertiary/aromatic N) is 2. The third-order valence-corrected chi connectivity index (χ3v) is 5.89. The van der Waals surface area contributed by atoms with Gasteiger partial charge in [-0.1, -0.05) is 37.0 Å². The number of benzene rings is 2. The molecule has 3 amide bonds. The van der Waals surface area contributed by atoms with Crippen LogP contribution in [0.15, 0.2) is 47.6 Å². The number of ether oxygens (including phenoxy) is 2. The van der Waals surface area contributed by atoms with E-state index in [9.17, 15) is 14.4 Å². The molecule has 0 aliphatic carbocycles. The van der Waals surface area contributed by atoms with E-state index in [2.05, 4.69) is 15.8 Å². The summed E-state index contributed by atoms with van der Waals surface area (Å²) in [6, 6.07) is 10.4. The number of amides is 3. The Morgan fingerprint density at radius 3 is 2.42 bits per heavy atom. The molecule has 11 heteroatoms. The van der Waals surface area contributed by atoms with Crippen LogP contribution in [0.4, 0.5) is 0 Å². The highest BCUT2D eigenvalue weighted by Gasteiger charge is 2.24. The van der Waals surface area contributed by atoms with Crippen molar-refractivity contribution in [3.8, 4) is 5.75 Å². The lowest BCUT2D eigenvalue weighted by molar-refractivity contribution is -0.137. The van der Waals surface area contributed by atoms with Crippen molar-refractivity contribution in [3.05, 3.63) is 63.6 Å². The fourth-order valence-electron chi connectivity index (χ4n) is 3.39. The smallest absolute Gasteiger partial charge is 0.262 e. The van der Waals surface area contributed by atoms with E-state index in [1.54, 1.807) is 47.4 Å². The van der Waals surface area contributed by atoms with Crippen LogP contribution in [0, 0.1) is 5.92 Å². The first-order valence-electron chi connectivity index (χ1n) is 11.4. The second-order valence-electron chi connectivity index (χ2n) is 8.40.